The summed E-state index contributed by atoms with van der Waals surface area (Å²) in [5, 5.41) is 3.00. The van der Waals surface area contributed by atoms with Crippen molar-refractivity contribution < 1.29 is 13.9 Å². The van der Waals surface area contributed by atoms with E-state index in [1.54, 1.807) is 24.3 Å². The van der Waals surface area contributed by atoms with Crippen LogP contribution in [0, 0.1) is 5.82 Å². The lowest BCUT2D eigenvalue weighted by Crippen LogP contribution is -2.16. The number of nitrogens with two attached hydrogens (primary N) is 1. The van der Waals surface area contributed by atoms with E-state index in [1.807, 2.05) is 0 Å². The molecule has 2 rings (SSSR count). The molecule has 0 bridgehead atoms. The first-order valence-electron chi connectivity index (χ1n) is 6.28. The van der Waals surface area contributed by atoms with Crippen molar-refractivity contribution in [3.8, 4) is 5.75 Å². The lowest BCUT2D eigenvalue weighted by molar-refractivity contribution is -0.116. The Morgan fingerprint density at radius 3 is 2.86 bits per heavy atom. The van der Waals surface area contributed by atoms with E-state index < -0.39 is 5.82 Å². The Balaban J connectivity index is 1.84. The highest BCUT2D eigenvalue weighted by molar-refractivity contribution is 6.30. The molecule has 0 atom stereocenters. The number of carbonyl (C=O) groups excluding carboxylic acids is 1. The van der Waals surface area contributed by atoms with Crippen LogP contribution in [0.1, 0.15) is 6.42 Å². The van der Waals surface area contributed by atoms with Gasteiger partial charge in [-0.05, 0) is 36.4 Å². The Bertz CT molecular complexity index is 649. The van der Waals surface area contributed by atoms with Crippen molar-refractivity contribution in [2.24, 2.45) is 0 Å². The van der Waals surface area contributed by atoms with Crippen LogP contribution in [0.2, 0.25) is 5.02 Å². The van der Waals surface area contributed by atoms with Crippen molar-refractivity contribution in [3.05, 3.63) is 53.3 Å². The van der Waals surface area contributed by atoms with Crippen LogP contribution in [0.5, 0.6) is 5.75 Å². The zero-order valence-corrected chi connectivity index (χ0v) is 11.9. The number of nitrogen functional groups attached to an aromatic ring is 1. The van der Waals surface area contributed by atoms with Gasteiger partial charge in [0.25, 0.3) is 0 Å². The fourth-order valence-electron chi connectivity index (χ4n) is 1.67. The third-order valence-electron chi connectivity index (χ3n) is 2.66. The maximum absolute atomic E-state index is 13.4. The molecule has 0 spiro atoms. The van der Waals surface area contributed by atoms with Crippen LogP contribution < -0.4 is 15.8 Å². The highest BCUT2D eigenvalue weighted by atomic mass is 35.5. The minimum Gasteiger partial charge on any atom is -0.493 e. The number of ether oxygens (including phenoxy) is 1. The van der Waals surface area contributed by atoms with E-state index in [2.05, 4.69) is 5.32 Å². The molecule has 0 heterocycles. The van der Waals surface area contributed by atoms with Crippen LogP contribution in [0.15, 0.2) is 42.5 Å². The second-order valence-electron chi connectivity index (χ2n) is 4.34. The molecule has 0 aromatic heterocycles. The molecule has 0 saturated carbocycles. The smallest absolute Gasteiger partial charge is 0.227 e. The molecule has 110 valence electrons. The highest BCUT2D eigenvalue weighted by Gasteiger charge is 2.07. The number of nitrogens with one attached hydrogen (secondary N) is 1. The van der Waals surface area contributed by atoms with E-state index in [0.29, 0.717) is 16.5 Å². The van der Waals surface area contributed by atoms with Crippen LogP contribution in [0.3, 0.4) is 0 Å². The van der Waals surface area contributed by atoms with Crippen LogP contribution in [-0.4, -0.2) is 12.5 Å². The predicted octanol–water partition coefficient (Wildman–Crippen LogP) is 3.47. The van der Waals surface area contributed by atoms with Crippen LogP contribution in [-0.2, 0) is 4.79 Å². The molecule has 4 nitrogen and oxygen atoms in total. The number of hydrogen-bond donors (Lipinski definition) is 2. The second-order valence-corrected chi connectivity index (χ2v) is 4.78. The molecule has 0 unspecified atom stereocenters. The standard InChI is InChI=1S/C15H14ClFN2O2/c16-10-2-1-3-12(8-10)21-7-6-15(20)19-14-9-11(18)4-5-13(14)17/h1-5,8-9H,6-7,18H2,(H,19,20). The van der Waals surface area contributed by atoms with Crippen molar-refractivity contribution >= 4 is 28.9 Å². The Labute approximate surface area is 126 Å². The van der Waals surface area contributed by atoms with Gasteiger partial charge < -0.3 is 15.8 Å². The van der Waals surface area contributed by atoms with Gasteiger partial charge in [0, 0.05) is 10.7 Å². The Hall–Kier alpha value is -2.27. The van der Waals surface area contributed by atoms with Crippen LogP contribution in [0.25, 0.3) is 0 Å². The number of halogens is 2. The first-order valence-corrected chi connectivity index (χ1v) is 6.65. The van der Waals surface area contributed by atoms with Crippen molar-refractivity contribution in [2.75, 3.05) is 17.7 Å². The molecule has 6 heteroatoms. The van der Waals surface area contributed by atoms with Crippen LogP contribution in [0.4, 0.5) is 15.8 Å². The van der Waals surface area contributed by atoms with Crippen molar-refractivity contribution in [1.29, 1.82) is 0 Å². The molecular formula is C15H14ClFN2O2. The molecule has 2 aromatic rings. The molecule has 0 radical (unpaired) electrons. The van der Waals surface area contributed by atoms with Gasteiger partial charge in [-0.15, -0.1) is 0 Å². The first-order chi connectivity index (χ1) is 10.0. The lowest BCUT2D eigenvalue weighted by atomic mass is 10.2. The summed E-state index contributed by atoms with van der Waals surface area (Å²) in [5.41, 5.74) is 5.97. The maximum Gasteiger partial charge on any atom is 0.227 e. The third kappa shape index (κ3) is 4.65. The number of rotatable bonds is 5. The highest BCUT2D eigenvalue weighted by Crippen LogP contribution is 2.19. The summed E-state index contributed by atoms with van der Waals surface area (Å²) in [7, 11) is 0. The summed E-state index contributed by atoms with van der Waals surface area (Å²) < 4.78 is 18.8. The normalized spacial score (nSPS) is 10.2. The van der Waals surface area contributed by atoms with Gasteiger partial charge in [-0.1, -0.05) is 17.7 Å². The number of benzene rings is 2. The third-order valence-corrected chi connectivity index (χ3v) is 2.89. The predicted molar refractivity (Wildman–Crippen MR) is 81.0 cm³/mol. The lowest BCUT2D eigenvalue weighted by Gasteiger charge is -2.08. The Morgan fingerprint density at radius 1 is 1.29 bits per heavy atom. The van der Waals surface area contributed by atoms with Crippen LogP contribution >= 0.6 is 11.6 Å². The van der Waals surface area contributed by atoms with Gasteiger partial charge in [0.2, 0.25) is 5.91 Å². The largest absolute Gasteiger partial charge is 0.493 e. The average Bonchev–Trinajstić information content (AvgIpc) is 2.43. The zero-order valence-electron chi connectivity index (χ0n) is 11.1. The van der Waals surface area contributed by atoms with Gasteiger partial charge in [0.05, 0.1) is 18.7 Å². The van der Waals surface area contributed by atoms with E-state index in [0.717, 1.165) is 0 Å². The fraction of sp³-hybridized carbons (Fsp3) is 0.133. The summed E-state index contributed by atoms with van der Waals surface area (Å²) in [5.74, 6) is -0.319. The number of hydrogen-bond acceptors (Lipinski definition) is 3. The number of amides is 1. The molecule has 21 heavy (non-hydrogen) atoms. The second kappa shape index (κ2) is 6.95. The molecule has 0 aliphatic rings. The quantitative estimate of drug-likeness (QED) is 0.831. The van der Waals surface area contributed by atoms with Gasteiger partial charge in [0.15, 0.2) is 0 Å². The van der Waals surface area contributed by atoms with Crippen molar-refractivity contribution in [1.82, 2.24) is 0 Å². The minimum atomic E-state index is -0.534. The number of carbonyl (C=O) groups is 1. The summed E-state index contributed by atoms with van der Waals surface area (Å²) in [4.78, 5) is 11.7. The zero-order chi connectivity index (χ0) is 15.2. The molecule has 0 aliphatic heterocycles. The van der Waals surface area contributed by atoms with Gasteiger partial charge in [-0.2, -0.15) is 0 Å². The van der Waals surface area contributed by atoms with E-state index in [-0.39, 0.29) is 24.6 Å². The summed E-state index contributed by atoms with van der Waals surface area (Å²) in [6, 6.07) is 10.9. The van der Waals surface area contributed by atoms with Gasteiger partial charge >= 0.3 is 0 Å². The van der Waals surface area contributed by atoms with E-state index >= 15 is 0 Å². The molecule has 0 aliphatic carbocycles. The maximum atomic E-state index is 13.4. The SMILES string of the molecule is Nc1ccc(F)c(NC(=O)CCOc2cccc(Cl)c2)c1. The van der Waals surface area contributed by atoms with Crippen molar-refractivity contribution in [3.63, 3.8) is 0 Å². The van der Waals surface area contributed by atoms with Gasteiger partial charge in [0.1, 0.15) is 11.6 Å². The van der Waals surface area contributed by atoms with E-state index in [4.69, 9.17) is 22.1 Å². The molecule has 0 fully saturated rings. The molecule has 3 N–H and O–H groups in total. The topological polar surface area (TPSA) is 64.3 Å². The van der Waals surface area contributed by atoms with Gasteiger partial charge in [-0.3, -0.25) is 4.79 Å². The Morgan fingerprint density at radius 2 is 2.10 bits per heavy atom. The minimum absolute atomic E-state index is 0.0581. The first kappa shape index (κ1) is 15.1. The fourth-order valence-corrected chi connectivity index (χ4v) is 1.85. The molecule has 2 aromatic carbocycles. The molecular weight excluding hydrogens is 295 g/mol. The van der Waals surface area contributed by atoms with E-state index in [1.165, 1.54) is 18.2 Å². The molecule has 1 amide bonds. The van der Waals surface area contributed by atoms with E-state index in [9.17, 15) is 9.18 Å². The average molecular weight is 309 g/mol. The Kier molecular flexibility index (Phi) is 5.00. The summed E-state index contributed by atoms with van der Waals surface area (Å²) in [6.45, 7) is 0.163. The van der Waals surface area contributed by atoms with Crippen molar-refractivity contribution in [2.45, 2.75) is 6.42 Å². The molecule has 0 saturated heterocycles. The number of anilines is 2. The summed E-state index contributed by atoms with van der Waals surface area (Å²) >= 11 is 5.81. The monoisotopic (exact) mass is 308 g/mol. The van der Waals surface area contributed by atoms with Gasteiger partial charge in [-0.25, -0.2) is 4.39 Å². The summed E-state index contributed by atoms with van der Waals surface area (Å²) in [6.07, 6.45) is 0.0841.